The standard InChI is InChI=1S/C48H54N6O4/c1-5-29-27-53-21-17-31(29)23-43(53)45(35-15-19-49-41-13-11-33(55-3)25-39(35)41)57-47-37-9-7-8-10-38(37)48(52-51-47)58-46(44-24-32-18-22-54(44)28-30(32)6-2)36-16-20-50-42-14-12-34(56-4)26-40(36)42/h7-16,19-20,25-26,29-32,43-46H,5-6,17-18,21-24,27-28H2,1-4H3/t29?,30?,31?,32?,43?,44?,45-,46-/m1/s1. The molecule has 6 aromatic rings. The fourth-order valence-corrected chi connectivity index (χ4v) is 11.1. The number of fused-ring (bicyclic) bond motifs is 9. The molecule has 6 saturated heterocycles. The van der Waals surface area contributed by atoms with E-state index < -0.39 is 0 Å². The molecule has 0 saturated carbocycles. The van der Waals surface area contributed by atoms with Gasteiger partial charge in [0.25, 0.3) is 0 Å². The van der Waals surface area contributed by atoms with E-state index in [-0.39, 0.29) is 24.3 Å². The Morgan fingerprint density at radius 1 is 0.603 bits per heavy atom. The molecule has 9 heterocycles. The number of pyridine rings is 2. The molecule has 10 heteroatoms. The van der Waals surface area contributed by atoms with Gasteiger partial charge in [0.05, 0.1) is 48.1 Å². The smallest absolute Gasteiger partial charge is 0.242 e. The van der Waals surface area contributed by atoms with Gasteiger partial charge in [-0.2, -0.15) is 0 Å². The van der Waals surface area contributed by atoms with Gasteiger partial charge in [-0.25, -0.2) is 0 Å². The summed E-state index contributed by atoms with van der Waals surface area (Å²) in [5.74, 6) is 5.39. The van der Waals surface area contributed by atoms with Crippen molar-refractivity contribution in [3.8, 4) is 23.3 Å². The Bertz CT molecular complexity index is 2280. The topological polar surface area (TPSA) is 95.0 Å². The van der Waals surface area contributed by atoms with E-state index >= 15 is 0 Å². The van der Waals surface area contributed by atoms with Crippen LogP contribution in [0.5, 0.6) is 23.3 Å². The molecule has 0 amide bonds. The van der Waals surface area contributed by atoms with Crippen LogP contribution >= 0.6 is 0 Å². The number of rotatable bonds is 12. The van der Waals surface area contributed by atoms with Gasteiger partial charge in [-0.3, -0.25) is 19.8 Å². The number of benzene rings is 3. The Kier molecular flexibility index (Phi) is 10.0. The average molecular weight is 779 g/mol. The SMILES string of the molecule is CCC1CN2CCC1CC2[C@H](Oc1nnc(O[C@H](c2ccnc3ccc(OC)cc23)C2CC3CCN2CC3CC)c2ccccc12)c1ccnc2ccc(OC)cc12. The first-order valence-corrected chi connectivity index (χ1v) is 21.5. The average Bonchev–Trinajstić information content (AvgIpc) is 3.29. The lowest BCUT2D eigenvalue weighted by Crippen LogP contribution is -2.56. The molecule has 4 bridgehead atoms. The maximum Gasteiger partial charge on any atom is 0.242 e. The van der Waals surface area contributed by atoms with Crippen molar-refractivity contribution < 1.29 is 18.9 Å². The molecule has 8 unspecified atom stereocenters. The van der Waals surface area contributed by atoms with Crippen molar-refractivity contribution in [1.29, 1.82) is 0 Å². The van der Waals surface area contributed by atoms with Crippen molar-refractivity contribution >= 4 is 32.6 Å². The molecule has 10 atom stereocenters. The molecule has 58 heavy (non-hydrogen) atoms. The zero-order chi connectivity index (χ0) is 39.3. The predicted octanol–water partition coefficient (Wildman–Crippen LogP) is 9.22. The molecule has 0 radical (unpaired) electrons. The quantitative estimate of drug-likeness (QED) is 0.120. The number of ether oxygens (including phenoxy) is 4. The highest BCUT2D eigenvalue weighted by Gasteiger charge is 2.46. The van der Waals surface area contributed by atoms with Crippen LogP contribution in [0.2, 0.25) is 0 Å². The summed E-state index contributed by atoms with van der Waals surface area (Å²) < 4.78 is 26.0. The Hall–Kier alpha value is -5.06. The van der Waals surface area contributed by atoms with Crippen LogP contribution in [0.4, 0.5) is 0 Å². The van der Waals surface area contributed by atoms with Crippen molar-refractivity contribution in [2.75, 3.05) is 40.4 Å². The molecule has 0 aliphatic carbocycles. The summed E-state index contributed by atoms with van der Waals surface area (Å²) in [5, 5.41) is 13.7. The highest BCUT2D eigenvalue weighted by atomic mass is 16.5. The minimum atomic E-state index is -0.300. The molecule has 12 rings (SSSR count). The molecule has 0 N–H and O–H groups in total. The second-order valence-corrected chi connectivity index (χ2v) is 17.0. The second-order valence-electron chi connectivity index (χ2n) is 17.0. The van der Waals surface area contributed by atoms with Crippen LogP contribution in [0, 0.1) is 23.7 Å². The van der Waals surface area contributed by atoms with Gasteiger partial charge in [0.15, 0.2) is 0 Å². The molecule has 300 valence electrons. The maximum atomic E-state index is 7.30. The molecule has 6 aliphatic heterocycles. The van der Waals surface area contributed by atoms with Crippen LogP contribution in [-0.4, -0.2) is 82.4 Å². The first-order chi connectivity index (χ1) is 28.5. The van der Waals surface area contributed by atoms with E-state index in [9.17, 15) is 0 Å². The van der Waals surface area contributed by atoms with E-state index in [1.807, 2.05) is 36.7 Å². The maximum absolute atomic E-state index is 7.30. The molecular weight excluding hydrogens is 725 g/mol. The van der Waals surface area contributed by atoms with Crippen LogP contribution in [-0.2, 0) is 0 Å². The number of piperidine rings is 6. The summed E-state index contributed by atoms with van der Waals surface area (Å²) in [5.41, 5.74) is 4.01. The Labute approximate surface area is 340 Å². The van der Waals surface area contributed by atoms with Gasteiger partial charge < -0.3 is 18.9 Å². The van der Waals surface area contributed by atoms with Crippen LogP contribution in [0.15, 0.2) is 85.2 Å². The van der Waals surface area contributed by atoms with Gasteiger partial charge in [-0.1, -0.05) is 38.8 Å². The summed E-state index contributed by atoms with van der Waals surface area (Å²) in [6.07, 6.45) is 10.2. The molecular formula is C48H54N6O4. The molecule has 3 aromatic carbocycles. The predicted molar refractivity (Wildman–Crippen MR) is 227 cm³/mol. The lowest BCUT2D eigenvalue weighted by atomic mass is 9.72. The molecule has 0 spiro atoms. The Morgan fingerprint density at radius 2 is 1.07 bits per heavy atom. The summed E-state index contributed by atoms with van der Waals surface area (Å²) in [7, 11) is 3.42. The highest BCUT2D eigenvalue weighted by Crippen LogP contribution is 2.47. The minimum absolute atomic E-state index is 0.180. The Morgan fingerprint density at radius 3 is 1.47 bits per heavy atom. The zero-order valence-corrected chi connectivity index (χ0v) is 34.1. The van der Waals surface area contributed by atoms with Gasteiger partial charge in [0, 0.05) is 47.4 Å². The van der Waals surface area contributed by atoms with Crippen LogP contribution < -0.4 is 18.9 Å². The largest absolute Gasteiger partial charge is 0.497 e. The molecule has 6 fully saturated rings. The molecule has 10 nitrogen and oxygen atoms in total. The van der Waals surface area contributed by atoms with E-state index in [1.54, 1.807) is 14.2 Å². The van der Waals surface area contributed by atoms with Crippen molar-refractivity contribution in [2.45, 2.75) is 76.7 Å². The van der Waals surface area contributed by atoms with E-state index in [4.69, 9.17) is 39.1 Å². The summed E-state index contributed by atoms with van der Waals surface area (Å²) in [6.45, 7) is 9.00. The fraction of sp³-hybridized carbons (Fsp3) is 0.458. The minimum Gasteiger partial charge on any atom is -0.497 e. The third kappa shape index (κ3) is 6.58. The fourth-order valence-electron chi connectivity index (χ4n) is 11.1. The second kappa shape index (κ2) is 15.6. The van der Waals surface area contributed by atoms with Crippen LogP contribution in [0.25, 0.3) is 32.6 Å². The van der Waals surface area contributed by atoms with E-state index in [1.165, 1.54) is 25.7 Å². The first kappa shape index (κ1) is 37.2. The van der Waals surface area contributed by atoms with Crippen molar-refractivity contribution in [3.05, 3.63) is 96.3 Å². The van der Waals surface area contributed by atoms with E-state index in [0.29, 0.717) is 35.4 Å². The van der Waals surface area contributed by atoms with E-state index in [0.717, 1.165) is 94.2 Å². The van der Waals surface area contributed by atoms with Crippen LogP contribution in [0.1, 0.15) is 75.7 Å². The van der Waals surface area contributed by atoms with Crippen molar-refractivity contribution in [3.63, 3.8) is 0 Å². The number of methoxy groups -OCH3 is 2. The molecule has 3 aromatic heterocycles. The Balaban J connectivity index is 1.06. The van der Waals surface area contributed by atoms with Gasteiger partial charge in [0.1, 0.15) is 23.7 Å². The van der Waals surface area contributed by atoms with Crippen molar-refractivity contribution in [1.82, 2.24) is 30.0 Å². The third-order valence-electron chi connectivity index (χ3n) is 14.3. The van der Waals surface area contributed by atoms with Crippen molar-refractivity contribution in [2.24, 2.45) is 23.7 Å². The first-order valence-electron chi connectivity index (χ1n) is 21.5. The molecule has 6 aliphatic rings. The van der Waals surface area contributed by atoms with Gasteiger partial charge >= 0.3 is 0 Å². The number of aromatic nitrogens is 4. The summed E-state index contributed by atoms with van der Waals surface area (Å²) >= 11 is 0. The van der Waals surface area contributed by atoms with Gasteiger partial charge in [0.2, 0.25) is 11.8 Å². The highest BCUT2D eigenvalue weighted by molar-refractivity contribution is 5.91. The van der Waals surface area contributed by atoms with E-state index in [2.05, 4.69) is 72.2 Å². The normalized spacial score (nSPS) is 27.4. The summed E-state index contributed by atoms with van der Waals surface area (Å²) in [4.78, 5) is 14.8. The number of hydrogen-bond acceptors (Lipinski definition) is 10. The number of nitrogens with zero attached hydrogens (tertiary/aromatic N) is 6. The number of hydrogen-bond donors (Lipinski definition) is 0. The monoisotopic (exact) mass is 778 g/mol. The van der Waals surface area contributed by atoms with Gasteiger partial charge in [-0.05, 0) is 123 Å². The van der Waals surface area contributed by atoms with Crippen LogP contribution in [0.3, 0.4) is 0 Å². The zero-order valence-electron chi connectivity index (χ0n) is 34.1. The van der Waals surface area contributed by atoms with Gasteiger partial charge in [-0.15, -0.1) is 10.2 Å². The lowest BCUT2D eigenvalue weighted by molar-refractivity contribution is -0.0505. The lowest BCUT2D eigenvalue weighted by Gasteiger charge is -2.52. The summed E-state index contributed by atoms with van der Waals surface area (Å²) in [6, 6.07) is 25.1. The third-order valence-corrected chi connectivity index (χ3v) is 14.3.